The van der Waals surface area contributed by atoms with E-state index in [-0.39, 0.29) is 15.6 Å². The molecule has 0 spiro atoms. The number of alkyl halides is 1. The van der Waals surface area contributed by atoms with E-state index in [4.69, 9.17) is 40.4 Å². The summed E-state index contributed by atoms with van der Waals surface area (Å²) in [6.07, 6.45) is -6.48. The molecule has 2 heterocycles. The summed E-state index contributed by atoms with van der Waals surface area (Å²) in [7, 11) is 0. The minimum absolute atomic E-state index is 0.141. The van der Waals surface area contributed by atoms with Gasteiger partial charge in [-0.25, -0.2) is 9.18 Å². The fraction of sp³-hybridized carbons (Fsp3) is 0.643. The highest BCUT2D eigenvalue weighted by atomic mass is 35.5. The molecule has 1 aromatic rings. The Balaban J connectivity index is 2.31. The molecule has 2 rings (SSSR count). The van der Waals surface area contributed by atoms with Gasteiger partial charge in [0.2, 0.25) is 0 Å². The van der Waals surface area contributed by atoms with E-state index in [1.54, 1.807) is 13.8 Å². The van der Waals surface area contributed by atoms with Crippen molar-refractivity contribution in [3.63, 3.8) is 0 Å². The van der Waals surface area contributed by atoms with E-state index in [9.17, 15) is 19.8 Å². The van der Waals surface area contributed by atoms with Crippen LogP contribution in [0.3, 0.4) is 0 Å². The Morgan fingerprint density at radius 2 is 2.31 bits per heavy atom. The molecule has 1 aliphatic rings. The van der Waals surface area contributed by atoms with Gasteiger partial charge in [0, 0.05) is 6.20 Å². The molecule has 12 heteroatoms. The van der Waals surface area contributed by atoms with E-state index in [0.717, 1.165) is 6.20 Å². The van der Waals surface area contributed by atoms with E-state index < -0.39 is 48.6 Å². The second kappa shape index (κ2) is 7.71. The highest BCUT2D eigenvalue weighted by Gasteiger charge is 2.57. The van der Waals surface area contributed by atoms with Gasteiger partial charge in [0.1, 0.15) is 22.9 Å². The van der Waals surface area contributed by atoms with Crippen LogP contribution in [0.15, 0.2) is 11.0 Å². The molecule has 1 saturated heterocycles. The molecule has 0 aromatic carbocycles. The van der Waals surface area contributed by atoms with Gasteiger partial charge in [-0.3, -0.25) is 14.3 Å². The molecular formula is C14H19ClFN3O6S. The quantitative estimate of drug-likeness (QED) is 0.391. The van der Waals surface area contributed by atoms with Gasteiger partial charge in [-0.15, -0.1) is 0 Å². The molecule has 0 unspecified atom stereocenters. The second-order valence-electron chi connectivity index (χ2n) is 6.10. The zero-order valence-corrected chi connectivity index (χ0v) is 15.4. The molecule has 0 aliphatic carbocycles. The third-order valence-corrected chi connectivity index (χ3v) is 4.53. The zero-order chi connectivity index (χ0) is 20.7. The van der Waals surface area contributed by atoms with Crippen LogP contribution in [0.4, 0.5) is 4.39 Å². The first-order valence-electron chi connectivity index (χ1n) is 8.03. The number of aromatic amines is 1. The van der Waals surface area contributed by atoms with Crippen molar-refractivity contribution in [2.24, 2.45) is 11.7 Å². The maximum Gasteiger partial charge on any atom is 0.328 e. The van der Waals surface area contributed by atoms with E-state index in [0.29, 0.717) is 4.57 Å². The SMILES string of the molecule is [2H][C@@]1(n2cc(Cl)c(=S)[nH]c2=O)O[C@](F)(COC(=O)[C@@H](N)C(C)C)[C@@H](O)[C@H]1O. The number of aliphatic hydroxyl groups is 2. The van der Waals surface area contributed by atoms with Crippen LogP contribution in [0.1, 0.15) is 21.4 Å². The lowest BCUT2D eigenvalue weighted by atomic mass is 10.1. The first-order chi connectivity index (χ1) is 12.3. The van der Waals surface area contributed by atoms with Crippen LogP contribution in [0.25, 0.3) is 0 Å². The number of hydrogen-bond donors (Lipinski definition) is 4. The van der Waals surface area contributed by atoms with Crippen LogP contribution in [0.5, 0.6) is 0 Å². The van der Waals surface area contributed by atoms with Crippen molar-refractivity contribution in [1.29, 1.82) is 0 Å². The first kappa shape index (κ1) is 19.4. The van der Waals surface area contributed by atoms with Gasteiger partial charge in [-0.1, -0.05) is 37.7 Å². The fourth-order valence-corrected chi connectivity index (χ4v) is 2.41. The number of H-pyrrole nitrogens is 1. The Bertz CT molecular complexity index is 853. The Morgan fingerprint density at radius 1 is 1.69 bits per heavy atom. The molecular weight excluding hydrogens is 393 g/mol. The summed E-state index contributed by atoms with van der Waals surface area (Å²) in [6.45, 7) is 2.13. The monoisotopic (exact) mass is 412 g/mol. The Kier molecular flexibility index (Phi) is 5.75. The van der Waals surface area contributed by atoms with Crippen molar-refractivity contribution in [2.45, 2.75) is 44.2 Å². The van der Waals surface area contributed by atoms with Crippen LogP contribution in [0.2, 0.25) is 5.02 Å². The van der Waals surface area contributed by atoms with Gasteiger partial charge in [-0.05, 0) is 5.92 Å². The smallest absolute Gasteiger partial charge is 0.328 e. The van der Waals surface area contributed by atoms with Crippen molar-refractivity contribution < 1.29 is 30.2 Å². The average Bonchev–Trinajstić information content (AvgIpc) is 2.76. The maximum atomic E-state index is 15.0. The molecule has 0 saturated carbocycles. The number of aliphatic hydroxyl groups excluding tert-OH is 2. The van der Waals surface area contributed by atoms with Crippen molar-refractivity contribution in [3.8, 4) is 0 Å². The molecule has 26 heavy (non-hydrogen) atoms. The number of rotatable bonds is 5. The normalized spacial score (nSPS) is 33.2. The van der Waals surface area contributed by atoms with E-state index in [1.807, 2.05) is 0 Å². The number of carbonyl (C=O) groups is 1. The average molecular weight is 413 g/mol. The summed E-state index contributed by atoms with van der Waals surface area (Å²) in [4.78, 5) is 26.0. The second-order valence-corrected chi connectivity index (χ2v) is 6.92. The number of hydrogen-bond acceptors (Lipinski definition) is 8. The zero-order valence-electron chi connectivity index (χ0n) is 14.8. The maximum absolute atomic E-state index is 15.0. The van der Waals surface area contributed by atoms with Gasteiger partial charge in [0.15, 0.2) is 12.8 Å². The standard InChI is InChI=1S/C14H19ClFN3O6S/c1-5(2)7(17)12(22)24-4-14(16)9(21)8(20)11(25-14)19-3-6(15)10(26)18-13(19)23/h3,5,7-9,11,20-21H,4,17H2,1-2H3,(H,18,23,26)/t7-,8+,9-,11+,14+/m0/s1/i11D. The molecule has 0 bridgehead atoms. The fourth-order valence-electron chi connectivity index (χ4n) is 2.12. The molecule has 0 amide bonds. The third kappa shape index (κ3) is 3.97. The van der Waals surface area contributed by atoms with E-state index >= 15 is 4.39 Å². The number of ether oxygens (including phenoxy) is 2. The summed E-state index contributed by atoms with van der Waals surface area (Å²) in [5, 5.41) is 20.0. The number of nitrogens with one attached hydrogen (secondary N) is 1. The van der Waals surface area contributed by atoms with Gasteiger partial charge < -0.3 is 25.4 Å². The molecule has 5 atom stereocenters. The number of nitrogens with zero attached hydrogens (tertiary/aromatic N) is 1. The van der Waals surface area contributed by atoms with Crippen molar-refractivity contribution >= 4 is 29.8 Å². The van der Waals surface area contributed by atoms with Gasteiger partial charge in [0.25, 0.3) is 5.85 Å². The Labute approximate surface area is 158 Å². The summed E-state index contributed by atoms with van der Waals surface area (Å²) in [6, 6.07) is -1.05. The number of halogens is 2. The van der Waals surface area contributed by atoms with E-state index in [2.05, 4.69) is 4.98 Å². The van der Waals surface area contributed by atoms with Crippen LogP contribution in [-0.2, 0) is 14.3 Å². The third-order valence-electron chi connectivity index (χ3n) is 3.81. The minimum Gasteiger partial charge on any atom is -0.458 e. The number of nitrogens with two attached hydrogens (primary N) is 1. The van der Waals surface area contributed by atoms with Crippen LogP contribution in [-0.4, -0.2) is 56.4 Å². The topological polar surface area (TPSA) is 140 Å². The summed E-state index contributed by atoms with van der Waals surface area (Å²) < 4.78 is 33.1. The highest BCUT2D eigenvalue weighted by Crippen LogP contribution is 2.38. The summed E-state index contributed by atoms with van der Waals surface area (Å²) in [5.41, 5.74) is 4.55. The van der Waals surface area contributed by atoms with Gasteiger partial charge in [0.05, 0.1) is 6.39 Å². The Morgan fingerprint density at radius 3 is 2.88 bits per heavy atom. The molecule has 5 N–H and O–H groups in total. The molecule has 1 aromatic heterocycles. The van der Waals surface area contributed by atoms with Gasteiger partial charge in [-0.2, -0.15) is 0 Å². The largest absolute Gasteiger partial charge is 0.458 e. The predicted octanol–water partition coefficient (Wildman–Crippen LogP) is 0.00219. The lowest BCUT2D eigenvalue weighted by Crippen LogP contribution is -2.46. The molecule has 1 fully saturated rings. The Hall–Kier alpha value is -1.37. The van der Waals surface area contributed by atoms with Crippen LogP contribution in [0, 0.1) is 10.6 Å². The van der Waals surface area contributed by atoms with Crippen LogP contribution >= 0.6 is 23.8 Å². The predicted molar refractivity (Wildman–Crippen MR) is 90.6 cm³/mol. The molecule has 9 nitrogen and oxygen atoms in total. The van der Waals surface area contributed by atoms with Crippen molar-refractivity contribution in [1.82, 2.24) is 9.55 Å². The molecule has 1 aliphatic heterocycles. The highest BCUT2D eigenvalue weighted by molar-refractivity contribution is 7.71. The molecule has 0 radical (unpaired) electrons. The first-order valence-corrected chi connectivity index (χ1v) is 8.31. The number of aromatic nitrogens is 2. The summed E-state index contributed by atoms with van der Waals surface area (Å²) in [5.74, 6) is -4.43. The lowest BCUT2D eigenvalue weighted by Gasteiger charge is -2.24. The number of esters is 1. The lowest BCUT2D eigenvalue weighted by molar-refractivity contribution is -0.217. The van der Waals surface area contributed by atoms with E-state index in [1.165, 1.54) is 0 Å². The van der Waals surface area contributed by atoms with Crippen LogP contribution < -0.4 is 11.4 Å². The summed E-state index contributed by atoms with van der Waals surface area (Å²) >= 11 is 10.6. The minimum atomic E-state index is -3.17. The number of carbonyl (C=O) groups excluding carboxylic acids is 1. The van der Waals surface area contributed by atoms with Crippen molar-refractivity contribution in [3.05, 3.63) is 26.3 Å². The van der Waals surface area contributed by atoms with Gasteiger partial charge >= 0.3 is 11.7 Å². The van der Waals surface area contributed by atoms with Crippen molar-refractivity contribution in [2.75, 3.05) is 6.61 Å². The molecule has 146 valence electrons.